The van der Waals surface area contributed by atoms with Crippen LogP contribution in [-0.2, 0) is 11.3 Å². The maximum Gasteiger partial charge on any atom is 0.307 e. The number of halogens is 1. The van der Waals surface area contributed by atoms with E-state index in [-0.39, 0.29) is 29.2 Å². The van der Waals surface area contributed by atoms with Gasteiger partial charge < -0.3 is 10.2 Å². The Morgan fingerprint density at radius 3 is 2.74 bits per heavy atom. The van der Waals surface area contributed by atoms with Gasteiger partial charge in [-0.05, 0) is 38.7 Å². The Kier molecular flexibility index (Phi) is 5.68. The van der Waals surface area contributed by atoms with Crippen molar-refractivity contribution in [3.63, 3.8) is 0 Å². The maximum atomic E-state index is 13.4. The van der Waals surface area contributed by atoms with Crippen LogP contribution >= 0.6 is 11.3 Å². The highest BCUT2D eigenvalue weighted by Gasteiger charge is 2.16. The van der Waals surface area contributed by atoms with Gasteiger partial charge in [0.05, 0.1) is 6.04 Å². The first-order chi connectivity index (χ1) is 10.9. The largest absolute Gasteiger partial charge is 0.353 e. The minimum Gasteiger partial charge on any atom is -0.353 e. The molecule has 0 unspecified atom stereocenters. The van der Waals surface area contributed by atoms with Crippen LogP contribution in [0.1, 0.15) is 17.3 Å². The van der Waals surface area contributed by atoms with Crippen LogP contribution in [-0.4, -0.2) is 36.0 Å². The second kappa shape index (κ2) is 7.52. The van der Waals surface area contributed by atoms with E-state index in [0.717, 1.165) is 22.6 Å². The molecule has 7 heteroatoms. The average molecular weight is 337 g/mol. The molecule has 0 radical (unpaired) electrons. The molecule has 0 saturated carbocycles. The van der Waals surface area contributed by atoms with Gasteiger partial charge in [0, 0.05) is 17.6 Å². The van der Waals surface area contributed by atoms with Crippen molar-refractivity contribution in [3.8, 4) is 0 Å². The highest BCUT2D eigenvalue weighted by molar-refractivity contribution is 7.07. The first kappa shape index (κ1) is 17.4. The van der Waals surface area contributed by atoms with Crippen LogP contribution in [0.15, 0.2) is 34.4 Å². The van der Waals surface area contributed by atoms with Crippen molar-refractivity contribution in [2.45, 2.75) is 19.5 Å². The molecule has 1 atom stereocenters. The van der Waals surface area contributed by atoms with Crippen LogP contribution in [0.2, 0.25) is 0 Å². The summed E-state index contributed by atoms with van der Waals surface area (Å²) in [5.74, 6) is -0.544. The van der Waals surface area contributed by atoms with Gasteiger partial charge in [-0.15, -0.1) is 0 Å². The molecule has 1 heterocycles. The van der Waals surface area contributed by atoms with E-state index < -0.39 is 0 Å². The number of likely N-dealkylation sites (N-methyl/N-ethyl adjacent to an activating group) is 1. The second-order valence-corrected chi connectivity index (χ2v) is 6.39. The van der Waals surface area contributed by atoms with Crippen LogP contribution in [0.4, 0.5) is 4.39 Å². The maximum absolute atomic E-state index is 13.4. The molecule has 2 aromatic rings. The van der Waals surface area contributed by atoms with E-state index in [2.05, 4.69) is 5.32 Å². The molecule has 0 saturated heterocycles. The van der Waals surface area contributed by atoms with Crippen molar-refractivity contribution in [1.82, 2.24) is 14.8 Å². The number of aromatic nitrogens is 1. The molecule has 0 fully saturated rings. The predicted octanol–water partition coefficient (Wildman–Crippen LogP) is 1.78. The van der Waals surface area contributed by atoms with Gasteiger partial charge >= 0.3 is 4.87 Å². The molecule has 23 heavy (non-hydrogen) atoms. The summed E-state index contributed by atoms with van der Waals surface area (Å²) in [6, 6.07) is 6.19. The molecule has 2 rings (SSSR count). The Hall–Kier alpha value is -1.99. The number of rotatable bonds is 6. The fourth-order valence-corrected chi connectivity index (χ4v) is 3.05. The summed E-state index contributed by atoms with van der Waals surface area (Å²) in [4.78, 5) is 25.5. The summed E-state index contributed by atoms with van der Waals surface area (Å²) in [7, 11) is 3.74. The van der Waals surface area contributed by atoms with Gasteiger partial charge in [-0.1, -0.05) is 23.5 Å². The number of nitrogens with zero attached hydrogens (tertiary/aromatic N) is 2. The van der Waals surface area contributed by atoms with Crippen LogP contribution in [0.5, 0.6) is 0 Å². The number of benzene rings is 1. The van der Waals surface area contributed by atoms with Crippen molar-refractivity contribution in [2.75, 3.05) is 20.6 Å². The fraction of sp³-hybridized carbons (Fsp3) is 0.375. The molecule has 1 N–H and O–H groups in total. The Morgan fingerprint density at radius 1 is 1.43 bits per heavy atom. The second-order valence-electron chi connectivity index (χ2n) is 5.57. The van der Waals surface area contributed by atoms with Crippen molar-refractivity contribution >= 4 is 17.2 Å². The van der Waals surface area contributed by atoms with E-state index in [1.54, 1.807) is 18.4 Å². The third-order valence-corrected chi connectivity index (χ3v) is 4.51. The van der Waals surface area contributed by atoms with Crippen LogP contribution in [0.3, 0.4) is 0 Å². The molecule has 1 aromatic heterocycles. The first-order valence-electron chi connectivity index (χ1n) is 7.22. The van der Waals surface area contributed by atoms with Gasteiger partial charge in [0.15, 0.2) is 0 Å². The zero-order valence-corrected chi connectivity index (χ0v) is 14.2. The lowest BCUT2D eigenvalue weighted by Crippen LogP contribution is -2.37. The Morgan fingerprint density at radius 2 is 2.17 bits per heavy atom. The summed E-state index contributed by atoms with van der Waals surface area (Å²) < 4.78 is 14.8. The van der Waals surface area contributed by atoms with E-state index in [1.807, 2.05) is 25.1 Å². The third kappa shape index (κ3) is 4.49. The molecule has 1 aromatic carbocycles. The number of hydrogen-bond donors (Lipinski definition) is 1. The molecule has 124 valence electrons. The van der Waals surface area contributed by atoms with Gasteiger partial charge in [-0.25, -0.2) is 4.39 Å². The third-order valence-electron chi connectivity index (χ3n) is 3.63. The van der Waals surface area contributed by atoms with Crippen LogP contribution in [0.25, 0.3) is 0 Å². The number of hydrogen-bond acceptors (Lipinski definition) is 4. The van der Waals surface area contributed by atoms with Crippen molar-refractivity contribution < 1.29 is 9.18 Å². The number of carbonyl (C=O) groups excluding carboxylic acids is 1. The highest BCUT2D eigenvalue weighted by atomic mass is 32.1. The SMILES string of the molecule is Cc1csc(=O)n1CC(=O)NC[C@H](c1cccc(F)c1)N(C)C. The standard InChI is InChI=1S/C16H20FN3O2S/c1-11-10-23-16(22)20(11)9-15(21)18-8-14(19(2)3)12-5-4-6-13(17)7-12/h4-7,10,14H,8-9H2,1-3H3,(H,18,21)/t14-/m1/s1. The van der Waals surface area contributed by atoms with E-state index in [0.29, 0.717) is 6.54 Å². The summed E-state index contributed by atoms with van der Waals surface area (Å²) in [6.45, 7) is 2.13. The molecule has 0 aliphatic carbocycles. The van der Waals surface area contributed by atoms with Crippen LogP contribution in [0, 0.1) is 12.7 Å². The summed E-state index contributed by atoms with van der Waals surface area (Å²) >= 11 is 1.08. The molecule has 0 aliphatic heterocycles. The molecule has 0 bridgehead atoms. The Bertz CT molecular complexity index is 739. The minimum atomic E-state index is -0.305. The van der Waals surface area contributed by atoms with Crippen molar-refractivity contribution in [1.29, 1.82) is 0 Å². The van der Waals surface area contributed by atoms with Crippen molar-refractivity contribution in [2.24, 2.45) is 0 Å². The molecule has 0 spiro atoms. The fourth-order valence-electron chi connectivity index (χ4n) is 2.32. The minimum absolute atomic E-state index is 0.00251. The molecule has 5 nitrogen and oxygen atoms in total. The summed E-state index contributed by atoms with van der Waals surface area (Å²) in [5.41, 5.74) is 1.56. The van der Waals surface area contributed by atoms with Gasteiger partial charge in [-0.3, -0.25) is 14.2 Å². The van der Waals surface area contributed by atoms with Crippen LogP contribution < -0.4 is 10.2 Å². The molecule has 1 amide bonds. The van der Waals surface area contributed by atoms with Gasteiger partial charge in [-0.2, -0.15) is 0 Å². The lowest BCUT2D eigenvalue weighted by Gasteiger charge is -2.25. The quantitative estimate of drug-likeness (QED) is 0.874. The van der Waals surface area contributed by atoms with Gasteiger partial charge in [0.1, 0.15) is 12.4 Å². The monoisotopic (exact) mass is 337 g/mol. The lowest BCUT2D eigenvalue weighted by atomic mass is 10.1. The number of aryl methyl sites for hydroxylation is 1. The Labute approximate surface area is 138 Å². The number of amides is 1. The highest BCUT2D eigenvalue weighted by Crippen LogP contribution is 2.18. The number of thiazole rings is 1. The van der Waals surface area contributed by atoms with E-state index >= 15 is 0 Å². The molecule has 0 aliphatic rings. The normalized spacial score (nSPS) is 12.4. The van der Waals surface area contributed by atoms with Gasteiger partial charge in [0.2, 0.25) is 5.91 Å². The van der Waals surface area contributed by atoms with E-state index in [4.69, 9.17) is 0 Å². The van der Waals surface area contributed by atoms with E-state index in [9.17, 15) is 14.0 Å². The molecular formula is C16H20FN3O2S. The smallest absolute Gasteiger partial charge is 0.307 e. The summed E-state index contributed by atoms with van der Waals surface area (Å²) in [5, 5.41) is 4.54. The molecular weight excluding hydrogens is 317 g/mol. The topological polar surface area (TPSA) is 54.3 Å². The van der Waals surface area contributed by atoms with E-state index in [1.165, 1.54) is 16.7 Å². The zero-order chi connectivity index (χ0) is 17.0. The Balaban J connectivity index is 2.02. The predicted molar refractivity (Wildman–Crippen MR) is 89.2 cm³/mol. The first-order valence-corrected chi connectivity index (χ1v) is 8.10. The average Bonchev–Trinajstić information content (AvgIpc) is 2.79. The van der Waals surface area contributed by atoms with Crippen molar-refractivity contribution in [3.05, 3.63) is 56.4 Å². The number of nitrogens with one attached hydrogen (secondary N) is 1. The lowest BCUT2D eigenvalue weighted by molar-refractivity contribution is -0.121. The zero-order valence-electron chi connectivity index (χ0n) is 13.4. The summed E-state index contributed by atoms with van der Waals surface area (Å²) in [6.07, 6.45) is 0. The number of carbonyl (C=O) groups is 1. The van der Waals surface area contributed by atoms with Gasteiger partial charge in [0.25, 0.3) is 0 Å².